The van der Waals surface area contributed by atoms with Crippen LogP contribution in [-0.2, 0) is 16.3 Å². The van der Waals surface area contributed by atoms with Gasteiger partial charge in [0.25, 0.3) is 5.91 Å². The Bertz CT molecular complexity index is 1260. The fraction of sp³-hybridized carbons (Fsp3) is 0.400. The van der Waals surface area contributed by atoms with E-state index in [-0.39, 0.29) is 16.9 Å². The zero-order valence-electron chi connectivity index (χ0n) is 18.9. The van der Waals surface area contributed by atoms with Gasteiger partial charge in [0.05, 0.1) is 6.04 Å². The van der Waals surface area contributed by atoms with E-state index in [0.717, 1.165) is 18.2 Å². The van der Waals surface area contributed by atoms with Crippen LogP contribution in [0.5, 0.6) is 11.5 Å². The largest absolute Gasteiger partial charge is 0.486 e. The monoisotopic (exact) mass is 490 g/mol. The summed E-state index contributed by atoms with van der Waals surface area (Å²) in [5, 5.41) is 17.5. The van der Waals surface area contributed by atoms with Crippen molar-refractivity contribution in [3.63, 3.8) is 0 Å². The molecule has 5 rings (SSSR count). The molecular weight excluding hydrogens is 465 g/mol. The third-order valence-corrected chi connectivity index (χ3v) is 6.77. The lowest BCUT2D eigenvalue weighted by Crippen LogP contribution is -2.56. The van der Waals surface area contributed by atoms with Gasteiger partial charge in [-0.1, -0.05) is 6.07 Å². The molecule has 3 N–H and O–H groups in total. The molecule has 1 aromatic heterocycles. The average molecular weight is 490 g/mol. The van der Waals surface area contributed by atoms with Crippen LogP contribution in [0.4, 0.5) is 13.2 Å². The smallest absolute Gasteiger partial charge is 0.380 e. The molecule has 1 fully saturated rings. The van der Waals surface area contributed by atoms with Crippen molar-refractivity contribution in [2.24, 2.45) is 5.92 Å². The van der Waals surface area contributed by atoms with Crippen molar-refractivity contribution in [1.82, 2.24) is 10.6 Å². The van der Waals surface area contributed by atoms with E-state index < -0.39 is 35.1 Å². The second kappa shape index (κ2) is 8.76. The summed E-state index contributed by atoms with van der Waals surface area (Å²) in [4.78, 5) is 12.8. The Balaban J connectivity index is 1.44. The summed E-state index contributed by atoms with van der Waals surface area (Å²) in [6, 6.07) is 8.13. The molecule has 0 radical (unpaired) electrons. The first-order chi connectivity index (χ1) is 16.7. The summed E-state index contributed by atoms with van der Waals surface area (Å²) >= 11 is 0. The molecule has 1 unspecified atom stereocenters. The third kappa shape index (κ3) is 4.10. The Hall–Kier alpha value is -3.24. The first kappa shape index (κ1) is 23.5. The number of benzene rings is 2. The molecule has 0 bridgehead atoms. The second-order valence-corrected chi connectivity index (χ2v) is 8.94. The Morgan fingerprint density at radius 1 is 1.14 bits per heavy atom. The number of rotatable bonds is 6. The van der Waals surface area contributed by atoms with E-state index in [1.807, 2.05) is 0 Å². The van der Waals surface area contributed by atoms with Crippen molar-refractivity contribution in [1.29, 1.82) is 0 Å². The number of amides is 1. The first-order valence-corrected chi connectivity index (χ1v) is 11.4. The molecule has 0 saturated carbocycles. The van der Waals surface area contributed by atoms with Crippen LogP contribution in [0.25, 0.3) is 11.0 Å². The molecule has 2 aliphatic rings. The Morgan fingerprint density at radius 2 is 1.91 bits per heavy atom. The standard InChI is InChI=1S/C25H25F3N2O5/c1-14(30-23(31)25(27,28)22-11-15-10-18(26)3-5-19(15)35-22)24(32,17-6-7-29-13-17)16-2-4-20-21(12-16)34-9-8-33-20/h2-5,10-12,14,17,29,32H,6-9,13H2,1H3,(H,30,31)/t14-,17?,24+/m1/s1. The number of carbonyl (C=O) groups excluding carboxylic acids is 1. The number of alkyl halides is 2. The summed E-state index contributed by atoms with van der Waals surface area (Å²) in [7, 11) is 0. The fourth-order valence-electron chi connectivity index (χ4n) is 4.84. The van der Waals surface area contributed by atoms with E-state index in [2.05, 4.69) is 10.6 Å². The Morgan fingerprint density at radius 3 is 2.66 bits per heavy atom. The van der Waals surface area contributed by atoms with Crippen LogP contribution >= 0.6 is 0 Å². The van der Waals surface area contributed by atoms with Gasteiger partial charge in [-0.3, -0.25) is 4.79 Å². The highest BCUT2D eigenvalue weighted by atomic mass is 19.3. The highest BCUT2D eigenvalue weighted by Crippen LogP contribution is 2.42. The van der Waals surface area contributed by atoms with Crippen LogP contribution in [-0.4, -0.2) is 43.4 Å². The molecule has 1 amide bonds. The fourth-order valence-corrected chi connectivity index (χ4v) is 4.84. The minimum atomic E-state index is -4.05. The van der Waals surface area contributed by atoms with Gasteiger partial charge in [0.15, 0.2) is 17.3 Å². The Kier molecular flexibility index (Phi) is 5.88. The molecule has 3 heterocycles. The van der Waals surface area contributed by atoms with Gasteiger partial charge < -0.3 is 29.6 Å². The number of aliphatic hydroxyl groups is 1. The van der Waals surface area contributed by atoms with Crippen LogP contribution in [0.3, 0.4) is 0 Å². The lowest BCUT2D eigenvalue weighted by Gasteiger charge is -2.40. The second-order valence-electron chi connectivity index (χ2n) is 8.94. The van der Waals surface area contributed by atoms with Gasteiger partial charge in [0.1, 0.15) is 30.2 Å². The van der Waals surface area contributed by atoms with Crippen LogP contribution in [0, 0.1) is 11.7 Å². The summed E-state index contributed by atoms with van der Waals surface area (Å²) in [6.45, 7) is 3.32. The number of hydrogen-bond acceptors (Lipinski definition) is 6. The number of nitrogens with one attached hydrogen (secondary N) is 2. The molecule has 0 spiro atoms. The molecule has 186 valence electrons. The molecule has 3 atom stereocenters. The normalized spacial score (nSPS) is 20.4. The van der Waals surface area contributed by atoms with Gasteiger partial charge in [-0.25, -0.2) is 4.39 Å². The van der Waals surface area contributed by atoms with Crippen molar-refractivity contribution in [2.45, 2.75) is 30.9 Å². The molecule has 1 saturated heterocycles. The molecule has 7 nitrogen and oxygen atoms in total. The van der Waals surface area contributed by atoms with Gasteiger partial charge in [-0.15, -0.1) is 0 Å². The number of halogens is 3. The highest BCUT2D eigenvalue weighted by Gasteiger charge is 2.50. The lowest BCUT2D eigenvalue weighted by atomic mass is 9.75. The molecule has 0 aliphatic carbocycles. The van der Waals surface area contributed by atoms with Crippen molar-refractivity contribution < 1.29 is 37.0 Å². The number of hydrogen-bond donors (Lipinski definition) is 3. The van der Waals surface area contributed by atoms with E-state index >= 15 is 8.78 Å². The predicted molar refractivity (Wildman–Crippen MR) is 120 cm³/mol. The van der Waals surface area contributed by atoms with Crippen molar-refractivity contribution in [2.75, 3.05) is 26.3 Å². The maximum atomic E-state index is 15.1. The van der Waals surface area contributed by atoms with E-state index in [0.29, 0.717) is 49.8 Å². The predicted octanol–water partition coefficient (Wildman–Crippen LogP) is 3.44. The molecule has 3 aromatic rings. The zero-order chi connectivity index (χ0) is 24.8. The van der Waals surface area contributed by atoms with Crippen LogP contribution in [0.2, 0.25) is 0 Å². The van der Waals surface area contributed by atoms with E-state index in [1.165, 1.54) is 13.0 Å². The van der Waals surface area contributed by atoms with Gasteiger partial charge in [0, 0.05) is 17.8 Å². The van der Waals surface area contributed by atoms with Gasteiger partial charge in [-0.2, -0.15) is 8.78 Å². The van der Waals surface area contributed by atoms with Gasteiger partial charge >= 0.3 is 5.92 Å². The summed E-state index contributed by atoms with van der Waals surface area (Å²) in [6.07, 6.45) is 0.580. The summed E-state index contributed by atoms with van der Waals surface area (Å²) in [5.41, 5.74) is -1.22. The summed E-state index contributed by atoms with van der Waals surface area (Å²) in [5.74, 6) is -6.59. The van der Waals surface area contributed by atoms with E-state index in [4.69, 9.17) is 13.9 Å². The molecule has 35 heavy (non-hydrogen) atoms. The number of fused-ring (bicyclic) bond motifs is 2. The van der Waals surface area contributed by atoms with Crippen LogP contribution < -0.4 is 20.1 Å². The minimum Gasteiger partial charge on any atom is -0.486 e. The Labute approximate surface area is 199 Å². The number of ether oxygens (including phenoxy) is 2. The van der Waals surface area contributed by atoms with E-state index in [9.17, 15) is 14.3 Å². The van der Waals surface area contributed by atoms with Crippen molar-refractivity contribution in [3.05, 3.63) is 59.6 Å². The van der Waals surface area contributed by atoms with Crippen LogP contribution in [0.1, 0.15) is 24.7 Å². The molecule has 10 heteroatoms. The number of carbonyl (C=O) groups is 1. The highest BCUT2D eigenvalue weighted by molar-refractivity contribution is 5.87. The third-order valence-electron chi connectivity index (χ3n) is 6.77. The van der Waals surface area contributed by atoms with Crippen LogP contribution in [0.15, 0.2) is 46.9 Å². The maximum Gasteiger partial charge on any atom is 0.380 e. The van der Waals surface area contributed by atoms with Gasteiger partial charge in [0.2, 0.25) is 0 Å². The topological polar surface area (TPSA) is 93.0 Å². The zero-order valence-corrected chi connectivity index (χ0v) is 18.9. The minimum absolute atomic E-state index is 0.0340. The van der Waals surface area contributed by atoms with Crippen molar-refractivity contribution in [3.8, 4) is 11.5 Å². The molecular formula is C25H25F3N2O5. The summed E-state index contributed by atoms with van der Waals surface area (Å²) < 4.78 is 60.0. The van der Waals surface area contributed by atoms with E-state index in [1.54, 1.807) is 18.2 Å². The number of furan rings is 1. The molecule has 2 aliphatic heterocycles. The maximum absolute atomic E-state index is 15.1. The van der Waals surface area contributed by atoms with Gasteiger partial charge in [-0.05, 0) is 61.9 Å². The lowest BCUT2D eigenvalue weighted by molar-refractivity contribution is -0.153. The average Bonchev–Trinajstić information content (AvgIpc) is 3.53. The SMILES string of the molecule is C[C@@H](NC(=O)C(F)(F)c1cc2cc(F)ccc2o1)[C@](O)(c1ccc2c(c1)OCCO2)C1CCNC1. The molecule has 2 aromatic carbocycles. The quantitative estimate of drug-likeness (QED) is 0.490. The first-order valence-electron chi connectivity index (χ1n) is 11.4. The van der Waals surface area contributed by atoms with Crippen molar-refractivity contribution >= 4 is 16.9 Å².